The van der Waals surface area contributed by atoms with Crippen molar-refractivity contribution in [2.75, 3.05) is 26.2 Å². The molecule has 1 saturated heterocycles. The number of amides is 2. The highest BCUT2D eigenvalue weighted by Gasteiger charge is 2.24. The van der Waals surface area contributed by atoms with Gasteiger partial charge < -0.3 is 15.4 Å². The van der Waals surface area contributed by atoms with Crippen molar-refractivity contribution in [1.82, 2.24) is 15.5 Å². The largest absolute Gasteiger partial charge is 0.374 e. The molecule has 0 radical (unpaired) electrons. The molecule has 0 aliphatic carbocycles. The van der Waals surface area contributed by atoms with Crippen LogP contribution >= 0.6 is 23.2 Å². The van der Waals surface area contributed by atoms with Crippen LogP contribution in [0.4, 0.5) is 4.79 Å². The summed E-state index contributed by atoms with van der Waals surface area (Å²) in [6.45, 7) is 7.39. The summed E-state index contributed by atoms with van der Waals surface area (Å²) in [5, 5.41) is 7.09. The normalized spacial score (nSPS) is 17.7. The zero-order valence-electron chi connectivity index (χ0n) is 16.8. The molecule has 2 amide bonds. The second-order valence-electron chi connectivity index (χ2n) is 7.80. The number of nitrogens with zero attached hydrogens (tertiary/aromatic N) is 1. The van der Waals surface area contributed by atoms with Gasteiger partial charge in [0, 0.05) is 26.2 Å². The third-order valence-corrected chi connectivity index (χ3v) is 5.76. The first kappa shape index (κ1) is 21.9. The van der Waals surface area contributed by atoms with Crippen LogP contribution in [-0.2, 0) is 16.8 Å². The molecular weight excluding hydrogens is 409 g/mol. The maximum Gasteiger partial charge on any atom is 0.315 e. The smallest absolute Gasteiger partial charge is 0.315 e. The zero-order valence-corrected chi connectivity index (χ0v) is 18.3. The fraction of sp³-hybridized carbons (Fsp3) is 0.409. The molecular formula is C22H27Cl2N3O2. The lowest BCUT2D eigenvalue weighted by Gasteiger charge is -2.33. The lowest BCUT2D eigenvalue weighted by Crippen LogP contribution is -2.51. The number of halogens is 2. The van der Waals surface area contributed by atoms with Gasteiger partial charge in [0.05, 0.1) is 28.3 Å². The molecule has 1 heterocycles. The van der Waals surface area contributed by atoms with E-state index in [9.17, 15) is 4.79 Å². The Morgan fingerprint density at radius 2 is 1.93 bits per heavy atom. The summed E-state index contributed by atoms with van der Waals surface area (Å²) in [6.07, 6.45) is -0.0582. The molecule has 0 bridgehead atoms. The molecule has 1 aliphatic heterocycles. The predicted octanol–water partition coefficient (Wildman–Crippen LogP) is 4.43. The van der Waals surface area contributed by atoms with Gasteiger partial charge in [-0.2, -0.15) is 0 Å². The topological polar surface area (TPSA) is 53.6 Å². The molecule has 7 heteroatoms. The zero-order chi connectivity index (χ0) is 20.9. The number of hydrogen-bond donors (Lipinski definition) is 2. The van der Waals surface area contributed by atoms with Crippen LogP contribution in [0.25, 0.3) is 0 Å². The number of benzene rings is 2. The molecule has 0 aromatic heterocycles. The van der Waals surface area contributed by atoms with Gasteiger partial charge in [-0.1, -0.05) is 59.6 Å². The van der Waals surface area contributed by atoms with Crippen molar-refractivity contribution in [3.63, 3.8) is 0 Å². The van der Waals surface area contributed by atoms with Gasteiger partial charge >= 0.3 is 6.03 Å². The van der Waals surface area contributed by atoms with E-state index in [4.69, 9.17) is 27.9 Å². The molecule has 3 rings (SSSR count). The van der Waals surface area contributed by atoms with Crippen molar-refractivity contribution in [3.05, 3.63) is 69.7 Å². The standard InChI is InChI=1S/C22H27Cl2N3O2/c1-22(2,17-6-4-3-5-7-17)26-21(28)25-13-18-15-27(10-11-29-18)14-16-8-9-19(23)20(24)12-16/h3-9,12,18H,10-11,13-15H2,1-2H3,(H2,25,26,28). The van der Waals surface area contributed by atoms with Gasteiger partial charge in [0.15, 0.2) is 0 Å². The summed E-state index contributed by atoms with van der Waals surface area (Å²) in [5.74, 6) is 0. The number of ether oxygens (including phenoxy) is 1. The third kappa shape index (κ3) is 6.34. The minimum absolute atomic E-state index is 0.0582. The van der Waals surface area contributed by atoms with Crippen molar-refractivity contribution in [3.8, 4) is 0 Å². The van der Waals surface area contributed by atoms with Crippen LogP contribution in [-0.4, -0.2) is 43.3 Å². The van der Waals surface area contributed by atoms with Gasteiger partial charge in [0.25, 0.3) is 0 Å². The van der Waals surface area contributed by atoms with Crippen LogP contribution in [0, 0.1) is 0 Å². The molecule has 2 aromatic rings. The van der Waals surface area contributed by atoms with Gasteiger partial charge in [-0.05, 0) is 37.1 Å². The van der Waals surface area contributed by atoms with Gasteiger partial charge in [-0.25, -0.2) is 4.79 Å². The number of carbonyl (C=O) groups is 1. The van der Waals surface area contributed by atoms with Crippen LogP contribution < -0.4 is 10.6 Å². The van der Waals surface area contributed by atoms with Gasteiger partial charge in [0.1, 0.15) is 0 Å². The monoisotopic (exact) mass is 435 g/mol. The van der Waals surface area contributed by atoms with Crippen molar-refractivity contribution in [2.24, 2.45) is 0 Å². The number of urea groups is 1. The van der Waals surface area contributed by atoms with Gasteiger partial charge in [-0.15, -0.1) is 0 Å². The van der Waals surface area contributed by atoms with E-state index in [1.807, 2.05) is 62.4 Å². The molecule has 5 nitrogen and oxygen atoms in total. The third-order valence-electron chi connectivity index (χ3n) is 5.02. The maximum absolute atomic E-state index is 12.4. The molecule has 1 fully saturated rings. The summed E-state index contributed by atoms with van der Waals surface area (Å²) < 4.78 is 5.82. The first-order chi connectivity index (χ1) is 13.8. The molecule has 0 spiro atoms. The van der Waals surface area contributed by atoms with E-state index in [-0.39, 0.29) is 12.1 Å². The number of morpholine rings is 1. The summed E-state index contributed by atoms with van der Waals surface area (Å²) in [4.78, 5) is 14.7. The summed E-state index contributed by atoms with van der Waals surface area (Å²) >= 11 is 12.1. The van der Waals surface area contributed by atoms with E-state index in [0.717, 1.165) is 30.8 Å². The van der Waals surface area contributed by atoms with E-state index in [1.54, 1.807) is 0 Å². The van der Waals surface area contributed by atoms with E-state index in [2.05, 4.69) is 15.5 Å². The molecule has 2 N–H and O–H groups in total. The van der Waals surface area contributed by atoms with Crippen LogP contribution in [0.2, 0.25) is 10.0 Å². The van der Waals surface area contributed by atoms with Crippen LogP contribution in [0.1, 0.15) is 25.0 Å². The van der Waals surface area contributed by atoms with E-state index < -0.39 is 5.54 Å². The molecule has 29 heavy (non-hydrogen) atoms. The Bertz CT molecular complexity index is 830. The summed E-state index contributed by atoms with van der Waals surface area (Å²) in [7, 11) is 0. The summed E-state index contributed by atoms with van der Waals surface area (Å²) in [5.41, 5.74) is 1.70. The molecule has 0 saturated carbocycles. The number of nitrogens with one attached hydrogen (secondary N) is 2. The van der Waals surface area contributed by atoms with Gasteiger partial charge in [-0.3, -0.25) is 4.90 Å². The predicted molar refractivity (Wildman–Crippen MR) is 117 cm³/mol. The summed E-state index contributed by atoms with van der Waals surface area (Å²) in [6, 6.07) is 15.4. The Labute approximate surface area is 182 Å². The minimum Gasteiger partial charge on any atom is -0.374 e. The Morgan fingerprint density at radius 3 is 2.66 bits per heavy atom. The second-order valence-corrected chi connectivity index (χ2v) is 8.62. The van der Waals surface area contributed by atoms with Crippen LogP contribution in [0.3, 0.4) is 0 Å². The molecule has 1 atom stereocenters. The van der Waals surface area contributed by atoms with Crippen LogP contribution in [0.15, 0.2) is 48.5 Å². The average Bonchev–Trinajstić information content (AvgIpc) is 2.70. The lowest BCUT2D eigenvalue weighted by atomic mass is 9.95. The fourth-order valence-electron chi connectivity index (χ4n) is 3.41. The maximum atomic E-state index is 12.4. The number of hydrogen-bond acceptors (Lipinski definition) is 3. The molecule has 1 unspecified atom stereocenters. The quantitative estimate of drug-likeness (QED) is 0.705. The lowest BCUT2D eigenvalue weighted by molar-refractivity contribution is -0.0287. The van der Waals surface area contributed by atoms with Crippen molar-refractivity contribution < 1.29 is 9.53 Å². The molecule has 156 valence electrons. The first-order valence-electron chi connectivity index (χ1n) is 9.73. The highest BCUT2D eigenvalue weighted by Crippen LogP contribution is 2.23. The average molecular weight is 436 g/mol. The highest BCUT2D eigenvalue weighted by molar-refractivity contribution is 6.42. The Morgan fingerprint density at radius 1 is 1.17 bits per heavy atom. The molecule has 1 aliphatic rings. The highest BCUT2D eigenvalue weighted by atomic mass is 35.5. The van der Waals surface area contributed by atoms with Crippen molar-refractivity contribution >= 4 is 29.2 Å². The second kappa shape index (κ2) is 9.81. The van der Waals surface area contributed by atoms with Crippen molar-refractivity contribution in [2.45, 2.75) is 32.0 Å². The van der Waals surface area contributed by atoms with E-state index >= 15 is 0 Å². The minimum atomic E-state index is -0.460. The Balaban J connectivity index is 1.47. The SMILES string of the molecule is CC(C)(NC(=O)NCC1CN(Cc2ccc(Cl)c(Cl)c2)CCO1)c1ccccc1. The van der Waals surface area contributed by atoms with Crippen molar-refractivity contribution in [1.29, 1.82) is 0 Å². The van der Waals surface area contributed by atoms with E-state index in [0.29, 0.717) is 23.2 Å². The Hall–Kier alpha value is -1.79. The number of rotatable bonds is 6. The van der Waals surface area contributed by atoms with E-state index in [1.165, 1.54) is 0 Å². The molecule has 2 aromatic carbocycles. The fourth-order valence-corrected chi connectivity index (χ4v) is 3.73. The first-order valence-corrected chi connectivity index (χ1v) is 10.5. The van der Waals surface area contributed by atoms with Crippen LogP contribution in [0.5, 0.6) is 0 Å². The van der Waals surface area contributed by atoms with Gasteiger partial charge in [0.2, 0.25) is 0 Å². The Kier molecular flexibility index (Phi) is 7.41. The number of carbonyl (C=O) groups excluding carboxylic acids is 1.